The molecule has 1 aromatic heterocycles. The van der Waals surface area contributed by atoms with E-state index in [-0.39, 0.29) is 0 Å². The van der Waals surface area contributed by atoms with Gasteiger partial charge in [0.25, 0.3) is 0 Å². The summed E-state index contributed by atoms with van der Waals surface area (Å²) in [5, 5.41) is 4.00. The van der Waals surface area contributed by atoms with Gasteiger partial charge in [-0.3, -0.25) is 0 Å². The number of nitrogens with zero attached hydrogens (tertiary/aromatic N) is 2. The van der Waals surface area contributed by atoms with Gasteiger partial charge < -0.3 is 4.52 Å². The molecule has 1 aromatic rings. The summed E-state index contributed by atoms with van der Waals surface area (Å²) in [4.78, 5) is 4.42. The van der Waals surface area contributed by atoms with Gasteiger partial charge in [0.05, 0.1) is 0 Å². The smallest absolute Gasteiger partial charge is 0.229 e. The molecule has 1 atom stereocenters. The van der Waals surface area contributed by atoms with Gasteiger partial charge in [-0.2, -0.15) is 4.98 Å². The van der Waals surface area contributed by atoms with Crippen molar-refractivity contribution in [1.29, 1.82) is 0 Å². The molecule has 0 saturated heterocycles. The maximum atomic E-state index is 5.23. The molecule has 72 valence electrons. The van der Waals surface area contributed by atoms with Gasteiger partial charge in [-0.05, 0) is 18.8 Å². The molecule has 1 aliphatic carbocycles. The Morgan fingerprint density at radius 1 is 1.31 bits per heavy atom. The van der Waals surface area contributed by atoms with Crippen LogP contribution in [0.5, 0.6) is 0 Å². The van der Waals surface area contributed by atoms with Crippen molar-refractivity contribution in [3.63, 3.8) is 0 Å². The van der Waals surface area contributed by atoms with Crippen molar-refractivity contribution in [2.45, 2.75) is 45.4 Å². The maximum Gasteiger partial charge on any atom is 0.229 e. The predicted octanol–water partition coefficient (Wildman–Crippen LogP) is 2.71. The lowest BCUT2D eigenvalue weighted by molar-refractivity contribution is 0.329. The standard InChI is InChI=1S/C10H16N2O/c1-6(2)7(3)10-11-9(12-13-10)8-4-5-8/h6-8H,4-5H2,1-3H3. The number of rotatable bonds is 3. The summed E-state index contributed by atoms with van der Waals surface area (Å²) in [6.45, 7) is 6.48. The van der Waals surface area contributed by atoms with Gasteiger partial charge in [0.2, 0.25) is 5.89 Å². The first kappa shape index (κ1) is 8.73. The molecular weight excluding hydrogens is 164 g/mol. The van der Waals surface area contributed by atoms with E-state index < -0.39 is 0 Å². The minimum Gasteiger partial charge on any atom is -0.339 e. The third-order valence-corrected chi connectivity index (χ3v) is 2.79. The number of aromatic nitrogens is 2. The lowest BCUT2D eigenvalue weighted by Gasteiger charge is -2.08. The van der Waals surface area contributed by atoms with Gasteiger partial charge in [0.15, 0.2) is 5.82 Å². The number of hydrogen-bond acceptors (Lipinski definition) is 3. The van der Waals surface area contributed by atoms with Gasteiger partial charge in [0.1, 0.15) is 0 Å². The van der Waals surface area contributed by atoms with Crippen molar-refractivity contribution >= 4 is 0 Å². The summed E-state index contributed by atoms with van der Waals surface area (Å²) in [7, 11) is 0. The van der Waals surface area contributed by atoms with Crippen molar-refractivity contribution < 1.29 is 4.52 Å². The van der Waals surface area contributed by atoms with Crippen molar-refractivity contribution in [3.05, 3.63) is 11.7 Å². The molecule has 0 aliphatic heterocycles. The van der Waals surface area contributed by atoms with Crippen LogP contribution >= 0.6 is 0 Å². The lowest BCUT2D eigenvalue weighted by Crippen LogP contribution is -2.02. The highest BCUT2D eigenvalue weighted by Crippen LogP contribution is 2.38. The van der Waals surface area contributed by atoms with E-state index in [4.69, 9.17) is 4.52 Å². The molecule has 0 amide bonds. The minimum absolute atomic E-state index is 0.375. The van der Waals surface area contributed by atoms with Gasteiger partial charge >= 0.3 is 0 Å². The molecule has 13 heavy (non-hydrogen) atoms. The lowest BCUT2D eigenvalue weighted by atomic mass is 9.98. The third kappa shape index (κ3) is 1.74. The molecule has 0 spiro atoms. The van der Waals surface area contributed by atoms with E-state index >= 15 is 0 Å². The Bertz CT molecular complexity index is 289. The molecule has 0 aromatic carbocycles. The molecule has 1 fully saturated rings. The van der Waals surface area contributed by atoms with E-state index in [0.717, 1.165) is 11.7 Å². The van der Waals surface area contributed by atoms with Crippen LogP contribution in [-0.4, -0.2) is 10.1 Å². The zero-order valence-corrected chi connectivity index (χ0v) is 8.45. The van der Waals surface area contributed by atoms with Gasteiger partial charge in [-0.1, -0.05) is 25.9 Å². The highest BCUT2D eigenvalue weighted by molar-refractivity contribution is 5.05. The van der Waals surface area contributed by atoms with E-state index in [0.29, 0.717) is 17.8 Å². The summed E-state index contributed by atoms with van der Waals surface area (Å²) >= 11 is 0. The highest BCUT2D eigenvalue weighted by atomic mass is 16.5. The fourth-order valence-corrected chi connectivity index (χ4v) is 1.22. The Morgan fingerprint density at radius 3 is 2.54 bits per heavy atom. The molecular formula is C10H16N2O. The van der Waals surface area contributed by atoms with Crippen molar-refractivity contribution in [2.75, 3.05) is 0 Å². The Balaban J connectivity index is 2.11. The second-order valence-electron chi connectivity index (χ2n) is 4.30. The molecule has 0 N–H and O–H groups in total. The Kier molecular flexibility index (Phi) is 2.10. The third-order valence-electron chi connectivity index (χ3n) is 2.79. The van der Waals surface area contributed by atoms with Crippen LogP contribution in [0.15, 0.2) is 4.52 Å². The normalized spacial score (nSPS) is 19.4. The molecule has 2 rings (SSSR count). The summed E-state index contributed by atoms with van der Waals surface area (Å²) in [5.41, 5.74) is 0. The van der Waals surface area contributed by atoms with E-state index in [9.17, 15) is 0 Å². The zero-order valence-electron chi connectivity index (χ0n) is 8.45. The largest absolute Gasteiger partial charge is 0.339 e. The van der Waals surface area contributed by atoms with E-state index in [1.54, 1.807) is 0 Å². The minimum atomic E-state index is 0.375. The van der Waals surface area contributed by atoms with Gasteiger partial charge in [-0.15, -0.1) is 0 Å². The topological polar surface area (TPSA) is 38.9 Å². The first-order chi connectivity index (χ1) is 6.18. The van der Waals surface area contributed by atoms with Gasteiger partial charge in [0, 0.05) is 11.8 Å². The van der Waals surface area contributed by atoms with E-state index in [2.05, 4.69) is 30.9 Å². The fraction of sp³-hybridized carbons (Fsp3) is 0.800. The molecule has 0 bridgehead atoms. The number of hydrogen-bond donors (Lipinski definition) is 0. The first-order valence-electron chi connectivity index (χ1n) is 5.02. The Labute approximate surface area is 78.5 Å². The Hall–Kier alpha value is -0.860. The summed E-state index contributed by atoms with van der Waals surface area (Å²) in [5.74, 6) is 3.25. The predicted molar refractivity (Wildman–Crippen MR) is 49.5 cm³/mol. The van der Waals surface area contributed by atoms with Crippen LogP contribution in [0.3, 0.4) is 0 Å². The summed E-state index contributed by atoms with van der Waals surface area (Å²) in [6.07, 6.45) is 2.46. The molecule has 3 nitrogen and oxygen atoms in total. The molecule has 3 heteroatoms. The van der Waals surface area contributed by atoms with Crippen LogP contribution in [0, 0.1) is 5.92 Å². The fourth-order valence-electron chi connectivity index (χ4n) is 1.22. The summed E-state index contributed by atoms with van der Waals surface area (Å²) < 4.78 is 5.23. The van der Waals surface area contributed by atoms with Gasteiger partial charge in [-0.25, -0.2) is 0 Å². The van der Waals surface area contributed by atoms with Crippen LogP contribution < -0.4 is 0 Å². The first-order valence-corrected chi connectivity index (χ1v) is 5.02. The molecule has 1 saturated carbocycles. The zero-order chi connectivity index (χ0) is 9.42. The van der Waals surface area contributed by atoms with Crippen molar-refractivity contribution in [2.24, 2.45) is 5.92 Å². The summed E-state index contributed by atoms with van der Waals surface area (Å²) in [6, 6.07) is 0. The average Bonchev–Trinajstić information content (AvgIpc) is 2.83. The Morgan fingerprint density at radius 2 is 2.00 bits per heavy atom. The van der Waals surface area contributed by atoms with Crippen LogP contribution in [0.25, 0.3) is 0 Å². The molecule has 1 heterocycles. The second kappa shape index (κ2) is 3.13. The molecule has 1 aliphatic rings. The van der Waals surface area contributed by atoms with E-state index in [1.165, 1.54) is 12.8 Å². The van der Waals surface area contributed by atoms with Crippen LogP contribution in [-0.2, 0) is 0 Å². The SMILES string of the molecule is CC(C)C(C)c1nc(C2CC2)no1. The average molecular weight is 180 g/mol. The highest BCUT2D eigenvalue weighted by Gasteiger charge is 2.29. The van der Waals surface area contributed by atoms with Crippen LogP contribution in [0.2, 0.25) is 0 Å². The second-order valence-corrected chi connectivity index (χ2v) is 4.30. The van der Waals surface area contributed by atoms with Crippen molar-refractivity contribution in [3.8, 4) is 0 Å². The maximum absolute atomic E-state index is 5.23. The van der Waals surface area contributed by atoms with E-state index in [1.807, 2.05) is 0 Å². The quantitative estimate of drug-likeness (QED) is 0.717. The molecule has 0 radical (unpaired) electrons. The van der Waals surface area contributed by atoms with Crippen LogP contribution in [0.1, 0.15) is 57.2 Å². The van der Waals surface area contributed by atoms with Crippen LogP contribution in [0.4, 0.5) is 0 Å². The molecule has 1 unspecified atom stereocenters. The monoisotopic (exact) mass is 180 g/mol. The van der Waals surface area contributed by atoms with Crippen molar-refractivity contribution in [1.82, 2.24) is 10.1 Å².